The zero-order valence-electron chi connectivity index (χ0n) is 17.0. The molecule has 31 heavy (non-hydrogen) atoms. The molecule has 0 radical (unpaired) electrons. The molecule has 1 atom stereocenters. The van der Waals surface area contributed by atoms with Crippen LogP contribution >= 0.6 is 0 Å². The van der Waals surface area contributed by atoms with E-state index in [1.54, 1.807) is 18.2 Å². The third kappa shape index (κ3) is 3.63. The molecule has 158 valence electrons. The van der Waals surface area contributed by atoms with Gasteiger partial charge in [0, 0.05) is 17.3 Å². The first kappa shape index (κ1) is 19.5. The maximum atomic E-state index is 14.1. The molecule has 1 unspecified atom stereocenters. The Morgan fingerprint density at radius 3 is 2.65 bits per heavy atom. The van der Waals surface area contributed by atoms with Crippen molar-refractivity contribution in [1.82, 2.24) is 5.32 Å². The van der Waals surface area contributed by atoms with Gasteiger partial charge in [-0.25, -0.2) is 4.39 Å². The molecule has 2 amide bonds. The van der Waals surface area contributed by atoms with Crippen molar-refractivity contribution < 1.29 is 18.7 Å². The average Bonchev–Trinajstić information content (AvgIpc) is 3.23. The summed E-state index contributed by atoms with van der Waals surface area (Å²) in [5.41, 5.74) is 0.963. The summed E-state index contributed by atoms with van der Waals surface area (Å²) in [6.07, 6.45) is 3.99. The Morgan fingerprint density at radius 1 is 1.03 bits per heavy atom. The predicted octanol–water partition coefficient (Wildman–Crippen LogP) is 4.50. The summed E-state index contributed by atoms with van der Waals surface area (Å²) in [4.78, 5) is 28.2. The van der Waals surface area contributed by atoms with E-state index in [9.17, 15) is 14.0 Å². The van der Waals surface area contributed by atoms with Crippen LogP contribution in [-0.2, 0) is 9.59 Å². The van der Waals surface area contributed by atoms with E-state index in [-0.39, 0.29) is 18.6 Å². The molecule has 1 N–H and O–H groups in total. The molecule has 1 aliphatic heterocycles. The van der Waals surface area contributed by atoms with Gasteiger partial charge in [0.15, 0.2) is 6.61 Å². The van der Waals surface area contributed by atoms with Crippen LogP contribution in [0.4, 0.5) is 10.1 Å². The summed E-state index contributed by atoms with van der Waals surface area (Å²) >= 11 is 0. The number of rotatable bonds is 3. The molecule has 1 fully saturated rings. The van der Waals surface area contributed by atoms with Gasteiger partial charge >= 0.3 is 0 Å². The lowest BCUT2D eigenvalue weighted by atomic mass is 9.95. The summed E-state index contributed by atoms with van der Waals surface area (Å²) in [5.74, 6) is -0.633. The molecule has 3 aromatic carbocycles. The molecule has 5 nitrogen and oxygen atoms in total. The van der Waals surface area contributed by atoms with Crippen LogP contribution in [0.3, 0.4) is 0 Å². The maximum absolute atomic E-state index is 14.1. The van der Waals surface area contributed by atoms with Crippen molar-refractivity contribution in [2.75, 3.05) is 11.5 Å². The van der Waals surface area contributed by atoms with Gasteiger partial charge in [0.1, 0.15) is 17.6 Å². The number of amides is 2. The van der Waals surface area contributed by atoms with E-state index in [0.717, 1.165) is 36.5 Å². The molecule has 0 bridgehead atoms. The SMILES string of the molecule is O=C(NC1CCCC1)C1c2c(ccc3ccccc23)OCC(=O)N1c1cccc(F)c1. The zero-order valence-corrected chi connectivity index (χ0v) is 17.0. The van der Waals surface area contributed by atoms with Gasteiger partial charge in [-0.3, -0.25) is 14.5 Å². The Morgan fingerprint density at radius 2 is 1.84 bits per heavy atom. The molecule has 1 aliphatic carbocycles. The summed E-state index contributed by atoms with van der Waals surface area (Å²) in [7, 11) is 0. The lowest BCUT2D eigenvalue weighted by Gasteiger charge is -2.31. The highest BCUT2D eigenvalue weighted by Crippen LogP contribution is 2.40. The summed E-state index contributed by atoms with van der Waals surface area (Å²) in [5, 5.41) is 4.91. The van der Waals surface area contributed by atoms with Crippen molar-refractivity contribution in [2.45, 2.75) is 37.8 Å². The topological polar surface area (TPSA) is 58.6 Å². The second-order valence-corrected chi connectivity index (χ2v) is 8.12. The molecule has 0 spiro atoms. The Bertz CT molecular complexity index is 1160. The second-order valence-electron chi connectivity index (χ2n) is 8.12. The molecule has 0 aromatic heterocycles. The van der Waals surface area contributed by atoms with Gasteiger partial charge in [0.05, 0.1) is 0 Å². The van der Waals surface area contributed by atoms with E-state index in [2.05, 4.69) is 5.32 Å². The van der Waals surface area contributed by atoms with E-state index in [0.29, 0.717) is 17.0 Å². The van der Waals surface area contributed by atoms with Gasteiger partial charge in [-0.15, -0.1) is 0 Å². The number of carbonyl (C=O) groups excluding carboxylic acids is 2. The van der Waals surface area contributed by atoms with Gasteiger partial charge in [0.25, 0.3) is 5.91 Å². The molecule has 5 rings (SSSR count). The van der Waals surface area contributed by atoms with E-state index in [1.165, 1.54) is 17.0 Å². The standard InChI is InChI=1S/C25H23FN2O3/c26-17-7-5-10-19(14-17)28-22(29)15-31-21-13-12-16-6-1-4-11-20(16)23(21)24(28)25(30)27-18-8-2-3-9-18/h1,4-7,10-14,18,24H,2-3,8-9,15H2,(H,27,30). The molecule has 1 saturated carbocycles. The van der Waals surface area contributed by atoms with Crippen molar-refractivity contribution in [3.63, 3.8) is 0 Å². The molecule has 1 heterocycles. The minimum atomic E-state index is -0.960. The van der Waals surface area contributed by atoms with Crippen LogP contribution in [0.2, 0.25) is 0 Å². The zero-order chi connectivity index (χ0) is 21.4. The van der Waals surface area contributed by atoms with Crippen LogP contribution in [-0.4, -0.2) is 24.5 Å². The number of anilines is 1. The maximum Gasteiger partial charge on any atom is 0.265 e. The van der Waals surface area contributed by atoms with E-state index in [1.807, 2.05) is 30.3 Å². The van der Waals surface area contributed by atoms with Gasteiger partial charge in [-0.1, -0.05) is 49.2 Å². The molecule has 2 aliphatic rings. The largest absolute Gasteiger partial charge is 0.483 e. The van der Waals surface area contributed by atoms with Crippen molar-refractivity contribution >= 4 is 28.3 Å². The van der Waals surface area contributed by atoms with Crippen LogP contribution < -0.4 is 15.0 Å². The number of halogens is 1. The molecule has 0 saturated heterocycles. The minimum absolute atomic E-state index is 0.0829. The number of nitrogens with one attached hydrogen (secondary N) is 1. The number of fused-ring (bicyclic) bond motifs is 3. The van der Waals surface area contributed by atoms with E-state index >= 15 is 0 Å². The Balaban J connectivity index is 1.70. The first-order valence-corrected chi connectivity index (χ1v) is 10.6. The van der Waals surface area contributed by atoms with E-state index < -0.39 is 17.8 Å². The molecule has 6 heteroatoms. The number of ether oxygens (including phenoxy) is 1. The lowest BCUT2D eigenvalue weighted by molar-refractivity contribution is -0.127. The number of benzene rings is 3. The van der Waals surface area contributed by atoms with Crippen LogP contribution in [0.15, 0.2) is 60.7 Å². The van der Waals surface area contributed by atoms with Crippen LogP contribution in [0.1, 0.15) is 37.3 Å². The van der Waals surface area contributed by atoms with Gasteiger partial charge < -0.3 is 10.1 Å². The number of hydrogen-bond donors (Lipinski definition) is 1. The first-order valence-electron chi connectivity index (χ1n) is 10.6. The molecular weight excluding hydrogens is 395 g/mol. The summed E-state index contributed by atoms with van der Waals surface area (Å²) in [6, 6.07) is 16.3. The third-order valence-corrected chi connectivity index (χ3v) is 6.12. The normalized spacial score (nSPS) is 19.1. The predicted molar refractivity (Wildman–Crippen MR) is 116 cm³/mol. The number of hydrogen-bond acceptors (Lipinski definition) is 3. The van der Waals surface area contributed by atoms with Crippen LogP contribution in [0.25, 0.3) is 10.8 Å². The molecule has 3 aromatic rings. The lowest BCUT2D eigenvalue weighted by Crippen LogP contribution is -2.46. The molecular formula is C25H23FN2O3. The fourth-order valence-electron chi connectivity index (χ4n) is 4.68. The van der Waals surface area contributed by atoms with Crippen molar-refractivity contribution in [2.24, 2.45) is 0 Å². The fourth-order valence-corrected chi connectivity index (χ4v) is 4.68. The van der Waals surface area contributed by atoms with Crippen molar-refractivity contribution in [3.8, 4) is 5.75 Å². The Kier molecular flexibility index (Phi) is 5.06. The quantitative estimate of drug-likeness (QED) is 0.681. The minimum Gasteiger partial charge on any atom is -0.483 e. The van der Waals surface area contributed by atoms with Crippen LogP contribution in [0, 0.1) is 5.82 Å². The third-order valence-electron chi connectivity index (χ3n) is 6.12. The highest BCUT2D eigenvalue weighted by Gasteiger charge is 2.39. The first-order chi connectivity index (χ1) is 15.1. The highest BCUT2D eigenvalue weighted by atomic mass is 19.1. The summed E-state index contributed by atoms with van der Waals surface area (Å²) < 4.78 is 19.9. The summed E-state index contributed by atoms with van der Waals surface area (Å²) in [6.45, 7) is -0.227. The van der Waals surface area contributed by atoms with Gasteiger partial charge in [0.2, 0.25) is 5.91 Å². The smallest absolute Gasteiger partial charge is 0.265 e. The monoisotopic (exact) mass is 418 g/mol. The Hall–Kier alpha value is -3.41. The number of carbonyl (C=O) groups is 2. The van der Waals surface area contributed by atoms with Crippen molar-refractivity contribution in [1.29, 1.82) is 0 Å². The second kappa shape index (κ2) is 8.02. The average molecular weight is 418 g/mol. The van der Waals surface area contributed by atoms with Crippen molar-refractivity contribution in [3.05, 3.63) is 72.0 Å². The van der Waals surface area contributed by atoms with Crippen LogP contribution in [0.5, 0.6) is 5.75 Å². The highest BCUT2D eigenvalue weighted by molar-refractivity contribution is 6.06. The number of nitrogens with zero attached hydrogens (tertiary/aromatic N) is 1. The Labute approximate surface area is 179 Å². The van der Waals surface area contributed by atoms with Gasteiger partial charge in [-0.2, -0.15) is 0 Å². The van der Waals surface area contributed by atoms with Gasteiger partial charge in [-0.05, 0) is 47.9 Å². The fraction of sp³-hybridized carbons (Fsp3) is 0.280. The van der Waals surface area contributed by atoms with E-state index in [4.69, 9.17) is 4.74 Å².